The molecule has 0 saturated carbocycles. The number of hydrazine groups is 1. The first-order chi connectivity index (χ1) is 10.7. The Morgan fingerprint density at radius 2 is 2.00 bits per heavy atom. The molecule has 0 aliphatic heterocycles. The Bertz CT molecular complexity index is 740. The van der Waals surface area contributed by atoms with E-state index in [1.807, 2.05) is 36.4 Å². The number of hydrogen-bond donors (Lipinski definition) is 2. The van der Waals surface area contributed by atoms with E-state index in [1.54, 1.807) is 6.07 Å². The van der Waals surface area contributed by atoms with Crippen molar-refractivity contribution in [3.05, 3.63) is 54.2 Å². The fraction of sp³-hybridized carbons (Fsp3) is 0.235. The summed E-state index contributed by atoms with van der Waals surface area (Å²) in [6.07, 6.45) is 6.53. The quantitative estimate of drug-likeness (QED) is 0.674. The van der Waals surface area contributed by atoms with Gasteiger partial charge in [0.05, 0.1) is 5.52 Å². The first-order valence-electron chi connectivity index (χ1n) is 7.34. The third kappa shape index (κ3) is 3.31. The fourth-order valence-electron chi connectivity index (χ4n) is 2.54. The predicted molar refractivity (Wildman–Crippen MR) is 83.8 cm³/mol. The van der Waals surface area contributed by atoms with Gasteiger partial charge in [-0.15, -0.1) is 0 Å². The molecule has 0 unspecified atom stereocenters. The Labute approximate surface area is 128 Å². The zero-order chi connectivity index (χ0) is 15.4. The van der Waals surface area contributed by atoms with Gasteiger partial charge in [-0.1, -0.05) is 36.4 Å². The Morgan fingerprint density at radius 3 is 2.82 bits per heavy atom. The molecule has 1 heterocycles. The van der Waals surface area contributed by atoms with Gasteiger partial charge in [0, 0.05) is 11.8 Å². The summed E-state index contributed by atoms with van der Waals surface area (Å²) in [6, 6.07) is 11.0. The van der Waals surface area contributed by atoms with E-state index in [9.17, 15) is 9.59 Å². The van der Waals surface area contributed by atoms with Crippen LogP contribution >= 0.6 is 0 Å². The molecule has 5 heteroatoms. The number of carbonyl (C=O) groups is 2. The Kier molecular flexibility index (Phi) is 4.14. The lowest BCUT2D eigenvalue weighted by Crippen LogP contribution is -2.42. The minimum absolute atomic E-state index is 0.189. The van der Waals surface area contributed by atoms with Gasteiger partial charge in [-0.3, -0.25) is 20.4 Å². The zero-order valence-corrected chi connectivity index (χ0v) is 12.1. The SMILES string of the molecule is O=C(C[C@@H]1C=CCC1)NNC(=O)c1ccc2ccccc2n1. The number of nitrogens with one attached hydrogen (secondary N) is 2. The average Bonchev–Trinajstić information content (AvgIpc) is 3.05. The molecule has 0 bridgehead atoms. The monoisotopic (exact) mass is 295 g/mol. The van der Waals surface area contributed by atoms with Crippen molar-refractivity contribution in [3.8, 4) is 0 Å². The maximum absolute atomic E-state index is 12.0. The molecule has 0 radical (unpaired) electrons. The normalized spacial score (nSPS) is 16.6. The molecule has 112 valence electrons. The second-order valence-electron chi connectivity index (χ2n) is 5.36. The van der Waals surface area contributed by atoms with Crippen LogP contribution in [0.25, 0.3) is 10.9 Å². The minimum Gasteiger partial charge on any atom is -0.273 e. The first kappa shape index (κ1) is 14.3. The highest BCUT2D eigenvalue weighted by atomic mass is 16.2. The van der Waals surface area contributed by atoms with Gasteiger partial charge in [0.15, 0.2) is 0 Å². The van der Waals surface area contributed by atoms with Gasteiger partial charge >= 0.3 is 0 Å². The molecular weight excluding hydrogens is 278 g/mol. The molecule has 0 fully saturated rings. The number of para-hydroxylation sites is 1. The van der Waals surface area contributed by atoms with Gasteiger partial charge in [0.2, 0.25) is 5.91 Å². The summed E-state index contributed by atoms with van der Waals surface area (Å²) in [5.41, 5.74) is 5.88. The molecule has 22 heavy (non-hydrogen) atoms. The summed E-state index contributed by atoms with van der Waals surface area (Å²) in [5, 5.41) is 0.969. The second-order valence-corrected chi connectivity index (χ2v) is 5.36. The van der Waals surface area contributed by atoms with E-state index < -0.39 is 5.91 Å². The van der Waals surface area contributed by atoms with Gasteiger partial charge in [0.25, 0.3) is 5.91 Å². The van der Waals surface area contributed by atoms with Gasteiger partial charge in [-0.05, 0) is 30.9 Å². The van der Waals surface area contributed by atoms with Crippen LogP contribution in [0.3, 0.4) is 0 Å². The second kappa shape index (κ2) is 6.39. The summed E-state index contributed by atoms with van der Waals surface area (Å²) in [7, 11) is 0. The fourth-order valence-corrected chi connectivity index (χ4v) is 2.54. The summed E-state index contributed by atoms with van der Waals surface area (Å²) in [6.45, 7) is 0. The zero-order valence-electron chi connectivity index (χ0n) is 12.1. The molecule has 2 N–H and O–H groups in total. The topological polar surface area (TPSA) is 71.1 Å². The smallest absolute Gasteiger partial charge is 0.273 e. The van der Waals surface area contributed by atoms with Crippen LogP contribution in [0.5, 0.6) is 0 Å². The van der Waals surface area contributed by atoms with Gasteiger partial charge in [0.1, 0.15) is 5.69 Å². The number of hydrogen-bond acceptors (Lipinski definition) is 3. The molecular formula is C17H17N3O2. The summed E-state index contributed by atoms with van der Waals surface area (Å²) in [5.74, 6) is -0.331. The van der Waals surface area contributed by atoms with Crippen molar-refractivity contribution in [1.82, 2.24) is 15.8 Å². The molecule has 1 aliphatic rings. The maximum atomic E-state index is 12.0. The largest absolute Gasteiger partial charge is 0.288 e. The van der Waals surface area contributed by atoms with Crippen LogP contribution in [0, 0.1) is 5.92 Å². The lowest BCUT2D eigenvalue weighted by Gasteiger charge is -2.10. The third-order valence-electron chi connectivity index (χ3n) is 3.71. The van der Waals surface area contributed by atoms with Crippen LogP contribution in [0.2, 0.25) is 0 Å². The third-order valence-corrected chi connectivity index (χ3v) is 3.71. The van der Waals surface area contributed by atoms with Crippen molar-refractivity contribution >= 4 is 22.7 Å². The molecule has 3 rings (SSSR count). The molecule has 1 aromatic heterocycles. The van der Waals surface area contributed by atoms with Crippen LogP contribution < -0.4 is 10.9 Å². The van der Waals surface area contributed by atoms with Gasteiger partial charge < -0.3 is 0 Å². The number of rotatable bonds is 3. The summed E-state index contributed by atoms with van der Waals surface area (Å²) in [4.78, 5) is 28.1. The highest BCUT2D eigenvalue weighted by molar-refractivity contribution is 5.95. The van der Waals surface area contributed by atoms with E-state index >= 15 is 0 Å². The van der Waals surface area contributed by atoms with Crippen molar-refractivity contribution in [1.29, 1.82) is 0 Å². The molecule has 1 aliphatic carbocycles. The highest BCUT2D eigenvalue weighted by Gasteiger charge is 2.15. The number of aromatic nitrogens is 1. The van der Waals surface area contributed by atoms with E-state index in [4.69, 9.17) is 0 Å². The number of amides is 2. The standard InChI is InChI=1S/C17H17N3O2/c21-16(11-12-5-1-2-6-12)19-20-17(22)15-10-9-13-7-3-4-8-14(13)18-15/h1,3-5,7-10,12H,2,6,11H2,(H,19,21)(H,20,22)/t12-/m1/s1. The van der Waals surface area contributed by atoms with Crippen LogP contribution in [-0.2, 0) is 4.79 Å². The van der Waals surface area contributed by atoms with E-state index in [2.05, 4.69) is 21.9 Å². The number of fused-ring (bicyclic) bond motifs is 1. The Balaban J connectivity index is 1.58. The van der Waals surface area contributed by atoms with Crippen LogP contribution in [0.4, 0.5) is 0 Å². The van der Waals surface area contributed by atoms with Crippen molar-refractivity contribution in [2.75, 3.05) is 0 Å². The predicted octanol–water partition coefficient (Wildman–Crippen LogP) is 2.35. The van der Waals surface area contributed by atoms with Crippen LogP contribution in [-0.4, -0.2) is 16.8 Å². The molecule has 2 amide bonds. The summed E-state index contributed by atoms with van der Waals surface area (Å²) < 4.78 is 0. The average molecular weight is 295 g/mol. The molecule has 1 atom stereocenters. The molecule has 2 aromatic rings. The highest BCUT2D eigenvalue weighted by Crippen LogP contribution is 2.19. The number of benzene rings is 1. The van der Waals surface area contributed by atoms with Crippen molar-refractivity contribution in [2.45, 2.75) is 19.3 Å². The minimum atomic E-state index is -0.416. The molecule has 0 saturated heterocycles. The Hall–Kier alpha value is -2.69. The van der Waals surface area contributed by atoms with Crippen molar-refractivity contribution < 1.29 is 9.59 Å². The molecule has 1 aromatic carbocycles. The molecule has 0 spiro atoms. The Morgan fingerprint density at radius 1 is 1.14 bits per heavy atom. The van der Waals surface area contributed by atoms with E-state index in [-0.39, 0.29) is 17.5 Å². The van der Waals surface area contributed by atoms with E-state index in [1.165, 1.54) is 0 Å². The van der Waals surface area contributed by atoms with E-state index in [0.717, 1.165) is 23.7 Å². The maximum Gasteiger partial charge on any atom is 0.288 e. The van der Waals surface area contributed by atoms with Crippen LogP contribution in [0.15, 0.2) is 48.6 Å². The van der Waals surface area contributed by atoms with E-state index in [0.29, 0.717) is 6.42 Å². The summed E-state index contributed by atoms with van der Waals surface area (Å²) >= 11 is 0. The van der Waals surface area contributed by atoms with Crippen molar-refractivity contribution in [3.63, 3.8) is 0 Å². The van der Waals surface area contributed by atoms with Gasteiger partial charge in [-0.2, -0.15) is 0 Å². The molecule has 5 nitrogen and oxygen atoms in total. The number of pyridine rings is 1. The number of carbonyl (C=O) groups excluding carboxylic acids is 2. The van der Waals surface area contributed by atoms with Crippen molar-refractivity contribution in [2.24, 2.45) is 5.92 Å². The van der Waals surface area contributed by atoms with Gasteiger partial charge in [-0.25, -0.2) is 4.98 Å². The number of allylic oxidation sites excluding steroid dienone is 2. The lowest BCUT2D eigenvalue weighted by molar-refractivity contribution is -0.122. The lowest BCUT2D eigenvalue weighted by atomic mass is 10.1. The van der Waals surface area contributed by atoms with Crippen LogP contribution in [0.1, 0.15) is 29.8 Å². The first-order valence-corrected chi connectivity index (χ1v) is 7.34. The number of nitrogens with zero attached hydrogens (tertiary/aromatic N) is 1.